The lowest BCUT2D eigenvalue weighted by molar-refractivity contribution is -0.132. The largest absolute Gasteiger partial charge is 0.353 e. The summed E-state index contributed by atoms with van der Waals surface area (Å²) in [4.78, 5) is 27.0. The number of piperazine rings is 1. The average molecular weight is 326 g/mol. The van der Waals surface area contributed by atoms with E-state index in [0.717, 1.165) is 45.1 Å². The van der Waals surface area contributed by atoms with Crippen molar-refractivity contribution in [2.24, 2.45) is 0 Å². The first-order valence-electron chi connectivity index (χ1n) is 7.79. The van der Waals surface area contributed by atoms with Crippen molar-refractivity contribution in [3.05, 3.63) is 17.0 Å². The van der Waals surface area contributed by atoms with E-state index in [-0.39, 0.29) is 5.91 Å². The molecule has 0 N–H and O–H groups in total. The van der Waals surface area contributed by atoms with Crippen molar-refractivity contribution in [1.29, 1.82) is 0 Å². The number of anilines is 1. The highest BCUT2D eigenvalue weighted by Crippen LogP contribution is 2.17. The summed E-state index contributed by atoms with van der Waals surface area (Å²) in [5, 5.41) is 0.461. The molecule has 0 bridgehead atoms. The molecule has 6 nitrogen and oxygen atoms in total. The Morgan fingerprint density at radius 2 is 1.86 bits per heavy atom. The van der Waals surface area contributed by atoms with Gasteiger partial charge >= 0.3 is 0 Å². The first-order valence-corrected chi connectivity index (χ1v) is 8.17. The summed E-state index contributed by atoms with van der Waals surface area (Å²) in [5.41, 5.74) is 0. The molecule has 22 heavy (non-hydrogen) atoms. The molecule has 1 saturated heterocycles. The summed E-state index contributed by atoms with van der Waals surface area (Å²) in [6.45, 7) is 11.3. The van der Waals surface area contributed by atoms with Crippen LogP contribution in [0.25, 0.3) is 0 Å². The number of hydrogen-bond donors (Lipinski definition) is 0. The predicted molar refractivity (Wildman–Crippen MR) is 88.4 cm³/mol. The van der Waals surface area contributed by atoms with Gasteiger partial charge in [0.05, 0.1) is 6.54 Å². The van der Waals surface area contributed by atoms with E-state index in [2.05, 4.69) is 33.6 Å². The van der Waals surface area contributed by atoms with E-state index in [0.29, 0.717) is 17.5 Å². The van der Waals surface area contributed by atoms with Crippen LogP contribution in [0.1, 0.15) is 19.7 Å². The van der Waals surface area contributed by atoms with Crippen LogP contribution in [0.5, 0.6) is 0 Å². The van der Waals surface area contributed by atoms with E-state index in [1.165, 1.54) is 0 Å². The summed E-state index contributed by atoms with van der Waals surface area (Å²) in [7, 11) is 0. The van der Waals surface area contributed by atoms with Crippen LogP contribution < -0.4 is 4.90 Å². The number of nitrogens with zero attached hydrogens (tertiary/aromatic N) is 5. The molecule has 0 aliphatic carbocycles. The van der Waals surface area contributed by atoms with Gasteiger partial charge in [-0.1, -0.05) is 25.4 Å². The molecule has 1 fully saturated rings. The minimum Gasteiger partial charge on any atom is -0.353 e. The summed E-state index contributed by atoms with van der Waals surface area (Å²) in [5.74, 6) is 1.72. The quantitative estimate of drug-likeness (QED) is 0.767. The molecule has 0 unspecified atom stereocenters. The van der Waals surface area contributed by atoms with Crippen LogP contribution in [0, 0.1) is 6.92 Å². The van der Waals surface area contributed by atoms with Gasteiger partial charge in [-0.3, -0.25) is 9.69 Å². The molecule has 2 rings (SSSR count). The minimum atomic E-state index is 0.209. The lowest BCUT2D eigenvalue weighted by Crippen LogP contribution is -2.51. The van der Waals surface area contributed by atoms with Crippen LogP contribution in [0.2, 0.25) is 5.15 Å². The smallest absolute Gasteiger partial charge is 0.236 e. The number of carbonyl (C=O) groups excluding carboxylic acids is 1. The van der Waals surface area contributed by atoms with Crippen molar-refractivity contribution in [3.8, 4) is 0 Å². The number of halogens is 1. The Kier molecular flexibility index (Phi) is 5.97. The van der Waals surface area contributed by atoms with Crippen LogP contribution >= 0.6 is 11.6 Å². The molecule has 0 aromatic carbocycles. The molecule has 122 valence electrons. The fourth-order valence-electron chi connectivity index (χ4n) is 2.60. The monoisotopic (exact) mass is 325 g/mol. The van der Waals surface area contributed by atoms with Gasteiger partial charge in [0, 0.05) is 32.2 Å². The standard InChI is InChI=1S/C15H24ClN5O/c1-4-19(5-2)11-15(22)21-8-6-20(7-9-21)14-10-13(16)17-12(3)18-14/h10H,4-9,11H2,1-3H3. The second kappa shape index (κ2) is 7.74. The fraction of sp³-hybridized carbons (Fsp3) is 0.667. The maximum Gasteiger partial charge on any atom is 0.236 e. The lowest BCUT2D eigenvalue weighted by Gasteiger charge is -2.36. The van der Waals surface area contributed by atoms with Crippen molar-refractivity contribution < 1.29 is 4.79 Å². The summed E-state index contributed by atoms with van der Waals surface area (Å²) < 4.78 is 0. The number of aromatic nitrogens is 2. The Morgan fingerprint density at radius 3 is 2.41 bits per heavy atom. The topological polar surface area (TPSA) is 52.6 Å². The highest BCUT2D eigenvalue weighted by atomic mass is 35.5. The van der Waals surface area contributed by atoms with E-state index in [1.807, 2.05) is 11.8 Å². The van der Waals surface area contributed by atoms with E-state index >= 15 is 0 Å². The third-order valence-electron chi connectivity index (χ3n) is 4.00. The van der Waals surface area contributed by atoms with Gasteiger partial charge in [0.25, 0.3) is 0 Å². The van der Waals surface area contributed by atoms with Crippen molar-refractivity contribution >= 4 is 23.3 Å². The summed E-state index contributed by atoms with van der Waals surface area (Å²) >= 11 is 5.99. The Labute approximate surface area is 137 Å². The Balaban J connectivity index is 1.91. The van der Waals surface area contributed by atoms with E-state index in [4.69, 9.17) is 11.6 Å². The van der Waals surface area contributed by atoms with E-state index in [9.17, 15) is 4.79 Å². The summed E-state index contributed by atoms with van der Waals surface area (Å²) in [6.07, 6.45) is 0. The molecule has 1 aromatic rings. The molecule has 1 amide bonds. The lowest BCUT2D eigenvalue weighted by atomic mass is 10.3. The molecule has 0 spiro atoms. The number of aryl methyl sites for hydroxylation is 1. The van der Waals surface area contributed by atoms with E-state index < -0.39 is 0 Å². The normalized spacial score (nSPS) is 15.5. The highest BCUT2D eigenvalue weighted by Gasteiger charge is 2.23. The van der Waals surface area contributed by atoms with Gasteiger partial charge in [0.15, 0.2) is 0 Å². The van der Waals surface area contributed by atoms with E-state index in [1.54, 1.807) is 6.07 Å². The average Bonchev–Trinajstić information content (AvgIpc) is 2.51. The van der Waals surface area contributed by atoms with Gasteiger partial charge in [-0.25, -0.2) is 9.97 Å². The molecule has 1 aliphatic rings. The first-order chi connectivity index (χ1) is 10.5. The second-order valence-electron chi connectivity index (χ2n) is 5.43. The molecule has 7 heteroatoms. The molecule has 2 heterocycles. The number of rotatable bonds is 5. The predicted octanol–water partition coefficient (Wildman–Crippen LogP) is 1.43. The van der Waals surface area contributed by atoms with Crippen molar-refractivity contribution in [1.82, 2.24) is 19.8 Å². The van der Waals surface area contributed by atoms with Gasteiger partial charge in [0.1, 0.15) is 16.8 Å². The zero-order valence-electron chi connectivity index (χ0n) is 13.5. The third kappa shape index (κ3) is 4.30. The Bertz CT molecular complexity index is 492. The van der Waals surface area contributed by atoms with Crippen LogP contribution in [0.4, 0.5) is 5.82 Å². The number of likely N-dealkylation sites (N-methyl/N-ethyl adjacent to an activating group) is 1. The minimum absolute atomic E-state index is 0.209. The van der Waals surface area contributed by atoms with Crippen LogP contribution in [0.15, 0.2) is 6.07 Å². The number of hydrogen-bond acceptors (Lipinski definition) is 5. The molecular weight excluding hydrogens is 302 g/mol. The van der Waals surface area contributed by atoms with Crippen LogP contribution in [0.3, 0.4) is 0 Å². The van der Waals surface area contributed by atoms with Gasteiger partial charge < -0.3 is 9.80 Å². The Hall–Kier alpha value is -1.40. The van der Waals surface area contributed by atoms with Crippen molar-refractivity contribution in [2.75, 3.05) is 50.7 Å². The van der Waals surface area contributed by atoms with Crippen LogP contribution in [-0.2, 0) is 4.79 Å². The summed E-state index contributed by atoms with van der Waals surface area (Å²) in [6, 6.07) is 1.78. The van der Waals surface area contributed by atoms with Gasteiger partial charge in [-0.15, -0.1) is 0 Å². The van der Waals surface area contributed by atoms with Gasteiger partial charge in [-0.2, -0.15) is 0 Å². The molecule has 0 saturated carbocycles. The highest BCUT2D eigenvalue weighted by molar-refractivity contribution is 6.29. The van der Waals surface area contributed by atoms with Crippen molar-refractivity contribution in [2.45, 2.75) is 20.8 Å². The number of amides is 1. The molecule has 0 atom stereocenters. The zero-order valence-corrected chi connectivity index (χ0v) is 14.3. The van der Waals surface area contributed by atoms with Crippen LogP contribution in [-0.4, -0.2) is 71.5 Å². The molecule has 1 aliphatic heterocycles. The SMILES string of the molecule is CCN(CC)CC(=O)N1CCN(c2cc(Cl)nc(C)n2)CC1. The maximum absolute atomic E-state index is 12.3. The molecular formula is C15H24ClN5O. The first kappa shape index (κ1) is 17.0. The van der Waals surface area contributed by atoms with Crippen molar-refractivity contribution in [3.63, 3.8) is 0 Å². The molecule has 1 aromatic heterocycles. The fourth-order valence-corrected chi connectivity index (χ4v) is 2.82. The van der Waals surface area contributed by atoms with Gasteiger partial charge in [-0.05, 0) is 20.0 Å². The van der Waals surface area contributed by atoms with Gasteiger partial charge in [0.2, 0.25) is 5.91 Å². The number of carbonyl (C=O) groups is 1. The molecule has 0 radical (unpaired) electrons. The second-order valence-corrected chi connectivity index (χ2v) is 5.81. The maximum atomic E-state index is 12.3. The zero-order chi connectivity index (χ0) is 16.1. The Morgan fingerprint density at radius 1 is 1.23 bits per heavy atom. The third-order valence-corrected chi connectivity index (χ3v) is 4.20.